The molecule has 0 amide bonds. The number of nitrogens with zero attached hydrogens (tertiary/aromatic N) is 4. The highest BCUT2D eigenvalue weighted by molar-refractivity contribution is 5.09. The van der Waals surface area contributed by atoms with Gasteiger partial charge in [-0.15, -0.1) is 10.2 Å². The van der Waals surface area contributed by atoms with Gasteiger partial charge in [0.05, 0.1) is 6.54 Å². The van der Waals surface area contributed by atoms with Crippen LogP contribution in [0.2, 0.25) is 0 Å². The Morgan fingerprint density at radius 2 is 2.44 bits per heavy atom. The Kier molecular flexibility index (Phi) is 3.32. The molecule has 0 spiro atoms. The van der Waals surface area contributed by atoms with Crippen LogP contribution >= 0.6 is 0 Å². The van der Waals surface area contributed by atoms with Crippen LogP contribution in [0.1, 0.15) is 17.8 Å². The van der Waals surface area contributed by atoms with Gasteiger partial charge in [0.25, 0.3) is 0 Å². The number of nitrogens with one attached hydrogen (secondary N) is 1. The Morgan fingerprint density at radius 3 is 3.22 bits per heavy atom. The summed E-state index contributed by atoms with van der Waals surface area (Å²) in [6.07, 6.45) is 7.74. The van der Waals surface area contributed by atoms with Crippen molar-refractivity contribution < 1.29 is 0 Å². The van der Waals surface area contributed by atoms with Gasteiger partial charge in [-0.05, 0) is 37.1 Å². The molecule has 1 aliphatic rings. The van der Waals surface area contributed by atoms with Crippen LogP contribution in [0.25, 0.3) is 0 Å². The monoisotopic (exact) mass is 243 g/mol. The first-order chi connectivity index (χ1) is 8.92. The fourth-order valence-corrected chi connectivity index (χ4v) is 2.40. The number of pyridine rings is 1. The molecule has 0 saturated carbocycles. The lowest BCUT2D eigenvalue weighted by atomic mass is 10.0. The zero-order valence-corrected chi connectivity index (χ0v) is 10.3. The van der Waals surface area contributed by atoms with Gasteiger partial charge >= 0.3 is 0 Å². The molecular weight excluding hydrogens is 226 g/mol. The lowest BCUT2D eigenvalue weighted by Gasteiger charge is -2.09. The van der Waals surface area contributed by atoms with E-state index in [1.807, 2.05) is 18.6 Å². The molecule has 1 aliphatic heterocycles. The van der Waals surface area contributed by atoms with Crippen molar-refractivity contribution in [3.05, 3.63) is 42.2 Å². The zero-order chi connectivity index (χ0) is 12.2. The quantitative estimate of drug-likeness (QED) is 0.866. The van der Waals surface area contributed by atoms with Crippen molar-refractivity contribution in [1.29, 1.82) is 0 Å². The van der Waals surface area contributed by atoms with E-state index >= 15 is 0 Å². The molecule has 1 atom stereocenters. The van der Waals surface area contributed by atoms with E-state index in [1.165, 1.54) is 12.0 Å². The fraction of sp³-hybridized carbons (Fsp3) is 0.462. The van der Waals surface area contributed by atoms with E-state index < -0.39 is 0 Å². The molecule has 0 bridgehead atoms. The predicted octanol–water partition coefficient (Wildman–Crippen LogP) is 0.873. The van der Waals surface area contributed by atoms with E-state index in [9.17, 15) is 0 Å². The van der Waals surface area contributed by atoms with Crippen molar-refractivity contribution in [3.8, 4) is 0 Å². The largest absolute Gasteiger partial charge is 0.316 e. The fourth-order valence-electron chi connectivity index (χ4n) is 2.40. The third kappa shape index (κ3) is 2.56. The maximum atomic E-state index is 4.24. The average molecular weight is 243 g/mol. The minimum absolute atomic E-state index is 0.696. The first kappa shape index (κ1) is 11.3. The molecule has 18 heavy (non-hydrogen) atoms. The van der Waals surface area contributed by atoms with E-state index in [0.29, 0.717) is 5.92 Å². The van der Waals surface area contributed by atoms with Crippen LogP contribution < -0.4 is 5.32 Å². The highest BCUT2D eigenvalue weighted by atomic mass is 15.3. The van der Waals surface area contributed by atoms with Crippen LogP contribution in [0.4, 0.5) is 0 Å². The van der Waals surface area contributed by atoms with Crippen molar-refractivity contribution in [2.45, 2.75) is 19.4 Å². The summed E-state index contributed by atoms with van der Waals surface area (Å²) in [7, 11) is 0. The number of hydrogen-bond acceptors (Lipinski definition) is 4. The third-order valence-electron chi connectivity index (χ3n) is 3.41. The predicted molar refractivity (Wildman–Crippen MR) is 68.0 cm³/mol. The highest BCUT2D eigenvalue weighted by Crippen LogP contribution is 2.14. The van der Waals surface area contributed by atoms with Gasteiger partial charge in [-0.25, -0.2) is 0 Å². The van der Waals surface area contributed by atoms with Crippen LogP contribution in [0.15, 0.2) is 30.9 Å². The van der Waals surface area contributed by atoms with Gasteiger partial charge in [0.15, 0.2) is 0 Å². The highest BCUT2D eigenvalue weighted by Gasteiger charge is 2.17. The van der Waals surface area contributed by atoms with Crippen LogP contribution in [-0.2, 0) is 13.0 Å². The first-order valence-corrected chi connectivity index (χ1v) is 6.38. The summed E-state index contributed by atoms with van der Waals surface area (Å²) in [4.78, 5) is 4.13. The number of rotatable bonds is 4. The summed E-state index contributed by atoms with van der Waals surface area (Å²) < 4.78 is 2.12. The number of aromatic nitrogens is 4. The van der Waals surface area contributed by atoms with E-state index in [4.69, 9.17) is 0 Å². The smallest absolute Gasteiger partial charge is 0.133 e. The molecule has 5 nitrogen and oxygen atoms in total. The van der Waals surface area contributed by atoms with Gasteiger partial charge in [-0.1, -0.05) is 6.07 Å². The average Bonchev–Trinajstić information content (AvgIpc) is 3.04. The van der Waals surface area contributed by atoms with Crippen molar-refractivity contribution >= 4 is 0 Å². The molecule has 94 valence electrons. The summed E-state index contributed by atoms with van der Waals surface area (Å²) in [6.45, 7) is 3.03. The molecule has 0 aliphatic carbocycles. The summed E-state index contributed by atoms with van der Waals surface area (Å²) in [5, 5.41) is 11.7. The molecule has 1 unspecified atom stereocenters. The minimum atomic E-state index is 0.696. The molecule has 0 radical (unpaired) electrons. The molecule has 1 fully saturated rings. The lowest BCUT2D eigenvalue weighted by Crippen LogP contribution is -2.14. The van der Waals surface area contributed by atoms with Crippen LogP contribution in [0, 0.1) is 5.92 Å². The molecule has 1 saturated heterocycles. The Morgan fingerprint density at radius 1 is 1.44 bits per heavy atom. The Hall–Kier alpha value is -1.75. The summed E-state index contributed by atoms with van der Waals surface area (Å²) in [6, 6.07) is 4.04. The zero-order valence-electron chi connectivity index (χ0n) is 10.3. The van der Waals surface area contributed by atoms with Crippen LogP contribution in [0.5, 0.6) is 0 Å². The molecule has 3 rings (SSSR count). The molecule has 2 aromatic rings. The maximum Gasteiger partial charge on any atom is 0.133 e. The second kappa shape index (κ2) is 5.27. The second-order valence-electron chi connectivity index (χ2n) is 4.80. The first-order valence-electron chi connectivity index (χ1n) is 6.38. The van der Waals surface area contributed by atoms with Gasteiger partial charge in [-0.3, -0.25) is 4.98 Å². The third-order valence-corrected chi connectivity index (χ3v) is 3.41. The van der Waals surface area contributed by atoms with Crippen LogP contribution in [0.3, 0.4) is 0 Å². The number of hydrogen-bond donors (Lipinski definition) is 1. The second-order valence-corrected chi connectivity index (χ2v) is 4.80. The maximum absolute atomic E-state index is 4.24. The van der Waals surface area contributed by atoms with Gasteiger partial charge in [0, 0.05) is 18.8 Å². The van der Waals surface area contributed by atoms with E-state index in [0.717, 1.165) is 31.9 Å². The Labute approximate surface area is 106 Å². The van der Waals surface area contributed by atoms with Crippen LogP contribution in [-0.4, -0.2) is 32.8 Å². The van der Waals surface area contributed by atoms with E-state index in [-0.39, 0.29) is 0 Å². The molecule has 5 heteroatoms. The van der Waals surface area contributed by atoms with Gasteiger partial charge in [0.1, 0.15) is 12.2 Å². The SMILES string of the molecule is c1cncc(Cn2cnnc2CC2CCNC2)c1. The van der Waals surface area contributed by atoms with Crippen molar-refractivity contribution in [3.63, 3.8) is 0 Å². The normalized spacial score (nSPS) is 19.2. The lowest BCUT2D eigenvalue weighted by molar-refractivity contribution is 0.541. The van der Waals surface area contributed by atoms with Gasteiger partial charge in [0.2, 0.25) is 0 Å². The Bertz CT molecular complexity index is 487. The van der Waals surface area contributed by atoms with E-state index in [2.05, 4.69) is 31.1 Å². The molecule has 2 aromatic heterocycles. The van der Waals surface area contributed by atoms with Crippen molar-refractivity contribution in [2.24, 2.45) is 5.92 Å². The summed E-state index contributed by atoms with van der Waals surface area (Å²) >= 11 is 0. The molecular formula is C13H17N5. The van der Waals surface area contributed by atoms with Gasteiger partial charge in [-0.2, -0.15) is 0 Å². The molecule has 3 heterocycles. The van der Waals surface area contributed by atoms with Crippen molar-refractivity contribution in [1.82, 2.24) is 25.1 Å². The van der Waals surface area contributed by atoms with Gasteiger partial charge < -0.3 is 9.88 Å². The van der Waals surface area contributed by atoms with E-state index in [1.54, 1.807) is 6.20 Å². The molecule has 0 aromatic carbocycles. The Balaban J connectivity index is 1.71. The summed E-state index contributed by atoms with van der Waals surface area (Å²) in [5.41, 5.74) is 1.18. The van der Waals surface area contributed by atoms with Crippen molar-refractivity contribution in [2.75, 3.05) is 13.1 Å². The minimum Gasteiger partial charge on any atom is -0.316 e. The topological polar surface area (TPSA) is 55.6 Å². The molecule has 1 N–H and O–H groups in total. The standard InChI is InChI=1S/C13H17N5/c1-2-12(8-14-4-1)9-18-10-16-17-13(18)6-11-3-5-15-7-11/h1-2,4,8,10-11,15H,3,5-7,9H2. The summed E-state index contributed by atoms with van der Waals surface area (Å²) in [5.74, 6) is 1.77.